The molecule has 6 heteroatoms. The number of hydrogen-bond acceptors (Lipinski definition) is 5. The van der Waals surface area contributed by atoms with Crippen LogP contribution in [0.4, 0.5) is 5.82 Å². The summed E-state index contributed by atoms with van der Waals surface area (Å²) in [4.78, 5) is 13.9. The highest BCUT2D eigenvalue weighted by Crippen LogP contribution is 2.12. The maximum atomic E-state index is 12.2. The van der Waals surface area contributed by atoms with Gasteiger partial charge in [-0.15, -0.1) is 0 Å². The van der Waals surface area contributed by atoms with Gasteiger partial charge in [-0.1, -0.05) is 27.7 Å². The highest BCUT2D eigenvalue weighted by molar-refractivity contribution is 5.96. The highest BCUT2D eigenvalue weighted by Gasteiger charge is 2.23. The van der Waals surface area contributed by atoms with Crippen LogP contribution in [0.1, 0.15) is 38.2 Å². The van der Waals surface area contributed by atoms with Crippen molar-refractivity contribution >= 4 is 11.7 Å². The summed E-state index contributed by atoms with van der Waals surface area (Å²) >= 11 is 0. The summed E-state index contributed by atoms with van der Waals surface area (Å²) in [5.74, 6) is 0.608. The quantitative estimate of drug-likeness (QED) is 0.841. The number of rotatable bonds is 5. The lowest BCUT2D eigenvalue weighted by Gasteiger charge is -2.25. The molecule has 0 fully saturated rings. The van der Waals surface area contributed by atoms with Gasteiger partial charge in [-0.3, -0.25) is 4.79 Å². The van der Waals surface area contributed by atoms with E-state index in [0.29, 0.717) is 24.9 Å². The van der Waals surface area contributed by atoms with Crippen molar-refractivity contribution in [3.8, 4) is 0 Å². The second-order valence-corrected chi connectivity index (χ2v) is 5.00. The molecule has 0 bridgehead atoms. The van der Waals surface area contributed by atoms with Crippen molar-refractivity contribution in [3.63, 3.8) is 0 Å². The first-order valence-corrected chi connectivity index (χ1v) is 5.79. The van der Waals surface area contributed by atoms with Gasteiger partial charge >= 0.3 is 0 Å². The summed E-state index contributed by atoms with van der Waals surface area (Å²) in [6, 6.07) is 0. The summed E-state index contributed by atoms with van der Waals surface area (Å²) in [6.45, 7) is 9.58. The van der Waals surface area contributed by atoms with Gasteiger partial charge < -0.3 is 10.6 Å². The maximum absolute atomic E-state index is 12.2. The van der Waals surface area contributed by atoms with E-state index in [9.17, 15) is 4.79 Å². The molecule has 1 aromatic heterocycles. The van der Waals surface area contributed by atoms with Crippen LogP contribution in [0.25, 0.3) is 0 Å². The molecule has 0 radical (unpaired) electrons. The number of carbonyl (C=O) groups excluding carboxylic acids is 1. The molecule has 0 saturated carbocycles. The number of hydrogen-bond donors (Lipinski definition) is 1. The summed E-state index contributed by atoms with van der Waals surface area (Å²) in [7, 11) is 0. The molecule has 1 aromatic rings. The summed E-state index contributed by atoms with van der Waals surface area (Å²) in [5.41, 5.74) is 5.63. The van der Waals surface area contributed by atoms with E-state index in [4.69, 9.17) is 5.73 Å². The number of nitrogen functional groups attached to an aromatic ring is 1. The Balaban J connectivity index is 2.82. The van der Waals surface area contributed by atoms with Crippen LogP contribution in [0.15, 0.2) is 4.63 Å². The molecule has 0 spiro atoms. The van der Waals surface area contributed by atoms with E-state index in [1.165, 1.54) is 0 Å². The zero-order valence-corrected chi connectivity index (χ0v) is 10.8. The van der Waals surface area contributed by atoms with Crippen molar-refractivity contribution in [2.45, 2.75) is 27.7 Å². The topological polar surface area (TPSA) is 85.2 Å². The fourth-order valence-corrected chi connectivity index (χ4v) is 1.62. The predicted molar refractivity (Wildman–Crippen MR) is 64.3 cm³/mol. The lowest BCUT2D eigenvalue weighted by atomic mass is 10.1. The van der Waals surface area contributed by atoms with Crippen LogP contribution in [0, 0.1) is 11.8 Å². The molecule has 1 amide bonds. The van der Waals surface area contributed by atoms with E-state index >= 15 is 0 Å². The number of amides is 1. The Hall–Kier alpha value is -1.59. The monoisotopic (exact) mass is 240 g/mol. The standard InChI is InChI=1S/C11H20N4O2/c1-7(2)5-15(6-8(3)4)11(16)9-10(12)14-17-13-9/h7-8H,5-6H2,1-4H3,(H2,12,14). The first kappa shape index (κ1) is 13.5. The van der Waals surface area contributed by atoms with Crippen molar-refractivity contribution in [2.75, 3.05) is 18.8 Å². The Morgan fingerprint density at radius 3 is 2.12 bits per heavy atom. The summed E-state index contributed by atoms with van der Waals surface area (Å²) in [5, 5.41) is 6.97. The smallest absolute Gasteiger partial charge is 0.280 e. The molecule has 6 nitrogen and oxygen atoms in total. The molecule has 0 atom stereocenters. The molecule has 0 saturated heterocycles. The zero-order valence-electron chi connectivity index (χ0n) is 10.8. The maximum Gasteiger partial charge on any atom is 0.280 e. The Kier molecular flexibility index (Phi) is 4.48. The Morgan fingerprint density at radius 2 is 1.76 bits per heavy atom. The molecule has 0 aliphatic carbocycles. The van der Waals surface area contributed by atoms with E-state index in [-0.39, 0.29) is 17.4 Å². The van der Waals surface area contributed by atoms with E-state index in [1.54, 1.807) is 4.90 Å². The normalized spacial score (nSPS) is 11.2. The van der Waals surface area contributed by atoms with Crippen LogP contribution in [0.3, 0.4) is 0 Å². The van der Waals surface area contributed by atoms with Gasteiger partial charge in [0.25, 0.3) is 5.91 Å². The zero-order chi connectivity index (χ0) is 13.0. The minimum absolute atomic E-state index is 0.0486. The molecule has 1 rings (SSSR count). The fraction of sp³-hybridized carbons (Fsp3) is 0.727. The summed E-state index contributed by atoms with van der Waals surface area (Å²) in [6.07, 6.45) is 0. The van der Waals surface area contributed by atoms with Gasteiger partial charge in [-0.2, -0.15) is 0 Å². The molecule has 0 aliphatic heterocycles. The first-order chi connectivity index (χ1) is 7.91. The molecule has 1 heterocycles. The van der Waals surface area contributed by atoms with Crippen LogP contribution >= 0.6 is 0 Å². The van der Waals surface area contributed by atoms with Gasteiger partial charge in [-0.25, -0.2) is 4.63 Å². The predicted octanol–water partition coefficient (Wildman–Crippen LogP) is 1.41. The molecule has 0 aliphatic rings. The first-order valence-electron chi connectivity index (χ1n) is 5.79. The number of anilines is 1. The lowest BCUT2D eigenvalue weighted by Crippen LogP contribution is -2.37. The average Bonchev–Trinajstić information content (AvgIpc) is 2.61. The SMILES string of the molecule is CC(C)CN(CC(C)C)C(=O)c1nonc1N. The number of carbonyl (C=O) groups is 1. The molecular weight excluding hydrogens is 220 g/mol. The molecule has 0 aromatic carbocycles. The largest absolute Gasteiger partial charge is 0.379 e. The molecule has 2 N–H and O–H groups in total. The van der Waals surface area contributed by atoms with Crippen LogP contribution in [-0.2, 0) is 0 Å². The highest BCUT2D eigenvalue weighted by atomic mass is 16.6. The molecule has 17 heavy (non-hydrogen) atoms. The van der Waals surface area contributed by atoms with E-state index in [0.717, 1.165) is 0 Å². The van der Waals surface area contributed by atoms with Crippen LogP contribution in [0.5, 0.6) is 0 Å². The van der Waals surface area contributed by atoms with E-state index in [1.807, 2.05) is 0 Å². The third-order valence-electron chi connectivity index (χ3n) is 2.17. The minimum Gasteiger partial charge on any atom is -0.379 e. The number of nitrogens with two attached hydrogens (primary N) is 1. The average molecular weight is 240 g/mol. The Bertz CT molecular complexity index is 363. The Morgan fingerprint density at radius 1 is 1.24 bits per heavy atom. The number of nitrogens with zero attached hydrogens (tertiary/aromatic N) is 3. The van der Waals surface area contributed by atoms with Crippen molar-refractivity contribution in [2.24, 2.45) is 11.8 Å². The second-order valence-electron chi connectivity index (χ2n) is 5.00. The molecule has 96 valence electrons. The third-order valence-corrected chi connectivity index (χ3v) is 2.17. The van der Waals surface area contributed by atoms with Crippen LogP contribution in [0.2, 0.25) is 0 Å². The van der Waals surface area contributed by atoms with Crippen molar-refractivity contribution in [1.29, 1.82) is 0 Å². The van der Waals surface area contributed by atoms with Gasteiger partial charge in [0.05, 0.1) is 0 Å². The number of aromatic nitrogens is 2. The third kappa shape index (κ3) is 3.72. The van der Waals surface area contributed by atoms with Gasteiger partial charge in [-0.05, 0) is 22.1 Å². The van der Waals surface area contributed by atoms with Crippen molar-refractivity contribution in [1.82, 2.24) is 15.2 Å². The van der Waals surface area contributed by atoms with Crippen LogP contribution < -0.4 is 5.73 Å². The van der Waals surface area contributed by atoms with Gasteiger partial charge in [0.2, 0.25) is 11.5 Å². The molecule has 0 unspecified atom stereocenters. The summed E-state index contributed by atoms with van der Waals surface area (Å²) < 4.78 is 4.45. The van der Waals surface area contributed by atoms with Gasteiger partial charge in [0.1, 0.15) is 0 Å². The minimum atomic E-state index is -0.217. The van der Waals surface area contributed by atoms with E-state index < -0.39 is 0 Å². The van der Waals surface area contributed by atoms with Crippen LogP contribution in [-0.4, -0.2) is 34.2 Å². The fourth-order valence-electron chi connectivity index (χ4n) is 1.62. The van der Waals surface area contributed by atoms with Crippen molar-refractivity contribution < 1.29 is 9.42 Å². The van der Waals surface area contributed by atoms with Gasteiger partial charge in [0.15, 0.2) is 0 Å². The lowest BCUT2D eigenvalue weighted by molar-refractivity contribution is 0.0704. The Labute approximate surface area is 101 Å². The van der Waals surface area contributed by atoms with E-state index in [2.05, 4.69) is 42.6 Å². The second kappa shape index (κ2) is 5.65. The molecular formula is C11H20N4O2. The van der Waals surface area contributed by atoms with Gasteiger partial charge in [0, 0.05) is 13.1 Å². The van der Waals surface area contributed by atoms with Crippen molar-refractivity contribution in [3.05, 3.63) is 5.69 Å².